The molecule has 0 spiro atoms. The van der Waals surface area contributed by atoms with Crippen LogP contribution in [-0.4, -0.2) is 40.7 Å². The van der Waals surface area contributed by atoms with Gasteiger partial charge in [0.25, 0.3) is 5.91 Å². The van der Waals surface area contributed by atoms with Gasteiger partial charge in [0.1, 0.15) is 0 Å². The van der Waals surface area contributed by atoms with Crippen molar-refractivity contribution in [2.45, 2.75) is 6.42 Å². The number of nitrogens with zero attached hydrogens (tertiary/aromatic N) is 1. The zero-order valence-electron chi connectivity index (χ0n) is 14.4. The van der Waals surface area contributed by atoms with Crippen LogP contribution < -0.4 is 14.9 Å². The summed E-state index contributed by atoms with van der Waals surface area (Å²) in [6, 6.07) is 16.5. The fourth-order valence-electron chi connectivity index (χ4n) is 2.37. The first-order valence-corrected chi connectivity index (χ1v) is 9.86. The summed E-state index contributed by atoms with van der Waals surface area (Å²) in [7, 11) is -1.35. The van der Waals surface area contributed by atoms with E-state index >= 15 is 0 Å². The minimum absolute atomic E-state index is 0.223. The third-order valence-corrected chi connectivity index (χ3v) is 4.19. The smallest absolute Gasteiger partial charge is 0.251 e. The number of sulfonamides is 1. The molecular weight excluding hydrogens is 338 g/mol. The number of nitrogens with one attached hydrogen (secondary N) is 2. The molecule has 0 radical (unpaired) electrons. The van der Waals surface area contributed by atoms with E-state index in [0.29, 0.717) is 17.8 Å². The Morgan fingerprint density at radius 1 is 1.08 bits per heavy atom. The maximum Gasteiger partial charge on any atom is 0.251 e. The van der Waals surface area contributed by atoms with Gasteiger partial charge in [-0.05, 0) is 36.8 Å². The lowest BCUT2D eigenvalue weighted by Gasteiger charge is -2.19. The summed E-state index contributed by atoms with van der Waals surface area (Å²) in [5.74, 6) is -0.223. The predicted octanol–water partition coefficient (Wildman–Crippen LogP) is 2.31. The van der Waals surface area contributed by atoms with Crippen molar-refractivity contribution in [3.05, 3.63) is 60.2 Å². The molecule has 0 bridgehead atoms. The van der Waals surface area contributed by atoms with Gasteiger partial charge in [0.15, 0.2) is 0 Å². The van der Waals surface area contributed by atoms with E-state index < -0.39 is 10.0 Å². The summed E-state index contributed by atoms with van der Waals surface area (Å²) in [5, 5.41) is 2.85. The number of para-hydroxylation sites is 1. The van der Waals surface area contributed by atoms with Crippen molar-refractivity contribution in [1.82, 2.24) is 5.32 Å². The van der Waals surface area contributed by atoms with Gasteiger partial charge in [-0.1, -0.05) is 24.3 Å². The van der Waals surface area contributed by atoms with Gasteiger partial charge >= 0.3 is 0 Å². The molecule has 0 saturated carbocycles. The molecule has 0 fully saturated rings. The van der Waals surface area contributed by atoms with Crippen LogP contribution in [0.2, 0.25) is 0 Å². The van der Waals surface area contributed by atoms with Gasteiger partial charge in [-0.3, -0.25) is 9.52 Å². The number of hydrogen-bond donors (Lipinski definition) is 2. The number of hydrogen-bond acceptors (Lipinski definition) is 4. The van der Waals surface area contributed by atoms with Crippen molar-refractivity contribution < 1.29 is 13.2 Å². The van der Waals surface area contributed by atoms with E-state index in [0.717, 1.165) is 24.9 Å². The van der Waals surface area contributed by atoms with Gasteiger partial charge in [-0.15, -0.1) is 0 Å². The summed E-state index contributed by atoms with van der Waals surface area (Å²) in [4.78, 5) is 14.3. The fraction of sp³-hybridized carbons (Fsp3) is 0.278. The molecular formula is C18H23N3O3S. The molecule has 2 aromatic rings. The highest BCUT2D eigenvalue weighted by molar-refractivity contribution is 7.92. The molecule has 0 saturated heterocycles. The third-order valence-electron chi connectivity index (χ3n) is 3.58. The first-order valence-electron chi connectivity index (χ1n) is 7.97. The summed E-state index contributed by atoms with van der Waals surface area (Å²) in [5.41, 5.74) is 1.93. The minimum atomic E-state index is -3.36. The van der Waals surface area contributed by atoms with Crippen LogP contribution in [0.1, 0.15) is 16.8 Å². The molecule has 0 aliphatic heterocycles. The molecule has 0 heterocycles. The van der Waals surface area contributed by atoms with E-state index in [2.05, 4.69) is 14.9 Å². The molecule has 0 aromatic heterocycles. The normalized spacial score (nSPS) is 11.0. The second-order valence-electron chi connectivity index (χ2n) is 5.82. The molecule has 1 amide bonds. The van der Waals surface area contributed by atoms with E-state index in [1.165, 1.54) is 6.07 Å². The van der Waals surface area contributed by atoms with E-state index in [1.54, 1.807) is 18.2 Å². The van der Waals surface area contributed by atoms with Gasteiger partial charge < -0.3 is 10.2 Å². The lowest BCUT2D eigenvalue weighted by atomic mass is 10.2. The van der Waals surface area contributed by atoms with Crippen LogP contribution >= 0.6 is 0 Å². The molecule has 6 nitrogen and oxygen atoms in total. The van der Waals surface area contributed by atoms with Crippen LogP contribution in [0.25, 0.3) is 0 Å². The topological polar surface area (TPSA) is 78.5 Å². The first-order chi connectivity index (χ1) is 11.8. The molecule has 2 rings (SSSR count). The largest absolute Gasteiger partial charge is 0.375 e. The number of carbonyl (C=O) groups is 1. The lowest BCUT2D eigenvalue weighted by molar-refractivity contribution is 0.0953. The number of carbonyl (C=O) groups excluding carboxylic acids is 1. The zero-order chi connectivity index (χ0) is 18.3. The Labute approximate surface area is 148 Å². The maximum absolute atomic E-state index is 12.2. The average Bonchev–Trinajstić information content (AvgIpc) is 2.58. The van der Waals surface area contributed by atoms with Crippen LogP contribution in [0.3, 0.4) is 0 Å². The van der Waals surface area contributed by atoms with Gasteiger partial charge in [-0.25, -0.2) is 8.42 Å². The van der Waals surface area contributed by atoms with Gasteiger partial charge in [0.05, 0.1) is 6.26 Å². The van der Waals surface area contributed by atoms with Gasteiger partial charge in [0, 0.05) is 37.1 Å². The van der Waals surface area contributed by atoms with Crippen molar-refractivity contribution in [2.75, 3.05) is 36.0 Å². The number of rotatable bonds is 8. The third kappa shape index (κ3) is 6.46. The maximum atomic E-state index is 12.2. The quantitative estimate of drug-likeness (QED) is 0.707. The Kier molecular flexibility index (Phi) is 6.41. The SMILES string of the molecule is CN(CCCNC(=O)c1cccc(NS(C)(=O)=O)c1)c1ccccc1. The predicted molar refractivity (Wildman–Crippen MR) is 102 cm³/mol. The molecule has 0 atom stereocenters. The van der Waals surface area contributed by atoms with Crippen LogP contribution in [-0.2, 0) is 10.0 Å². The van der Waals surface area contributed by atoms with Crippen molar-refractivity contribution in [1.29, 1.82) is 0 Å². The Balaban J connectivity index is 1.81. The molecule has 25 heavy (non-hydrogen) atoms. The zero-order valence-corrected chi connectivity index (χ0v) is 15.2. The molecule has 134 valence electrons. The second-order valence-corrected chi connectivity index (χ2v) is 7.57. The van der Waals surface area contributed by atoms with Crippen molar-refractivity contribution >= 4 is 27.3 Å². The highest BCUT2D eigenvalue weighted by Gasteiger charge is 2.08. The number of amides is 1. The summed E-state index contributed by atoms with van der Waals surface area (Å²) in [6.07, 6.45) is 1.88. The summed E-state index contributed by atoms with van der Waals surface area (Å²) >= 11 is 0. The van der Waals surface area contributed by atoms with Crippen LogP contribution in [0.5, 0.6) is 0 Å². The molecule has 0 aliphatic rings. The Bertz CT molecular complexity index is 807. The molecule has 2 aromatic carbocycles. The fourth-order valence-corrected chi connectivity index (χ4v) is 2.92. The highest BCUT2D eigenvalue weighted by Crippen LogP contribution is 2.12. The van der Waals surface area contributed by atoms with Gasteiger partial charge in [0.2, 0.25) is 10.0 Å². The van der Waals surface area contributed by atoms with E-state index in [1.807, 2.05) is 37.4 Å². The molecule has 2 N–H and O–H groups in total. The van der Waals surface area contributed by atoms with Crippen LogP contribution in [0.15, 0.2) is 54.6 Å². The standard InChI is InChI=1S/C18H23N3O3S/c1-21(17-10-4-3-5-11-17)13-7-12-19-18(22)15-8-6-9-16(14-15)20-25(2,23)24/h3-6,8-11,14,20H,7,12-13H2,1-2H3,(H,19,22). The van der Waals surface area contributed by atoms with Crippen molar-refractivity contribution in [2.24, 2.45) is 0 Å². The lowest BCUT2D eigenvalue weighted by Crippen LogP contribution is -2.28. The number of anilines is 2. The van der Waals surface area contributed by atoms with Crippen LogP contribution in [0, 0.1) is 0 Å². The van der Waals surface area contributed by atoms with E-state index in [4.69, 9.17) is 0 Å². The van der Waals surface area contributed by atoms with Crippen LogP contribution in [0.4, 0.5) is 11.4 Å². The summed E-state index contributed by atoms with van der Waals surface area (Å²) in [6.45, 7) is 1.36. The Hall–Kier alpha value is -2.54. The summed E-state index contributed by atoms with van der Waals surface area (Å²) < 4.78 is 24.9. The van der Waals surface area contributed by atoms with E-state index in [-0.39, 0.29) is 5.91 Å². The van der Waals surface area contributed by atoms with Crippen molar-refractivity contribution in [3.63, 3.8) is 0 Å². The Morgan fingerprint density at radius 3 is 2.48 bits per heavy atom. The van der Waals surface area contributed by atoms with Gasteiger partial charge in [-0.2, -0.15) is 0 Å². The van der Waals surface area contributed by atoms with Crippen molar-refractivity contribution in [3.8, 4) is 0 Å². The highest BCUT2D eigenvalue weighted by atomic mass is 32.2. The Morgan fingerprint density at radius 2 is 1.80 bits per heavy atom. The first kappa shape index (κ1) is 18.8. The molecule has 0 aliphatic carbocycles. The average molecular weight is 361 g/mol. The minimum Gasteiger partial charge on any atom is -0.375 e. The molecule has 7 heteroatoms. The van der Waals surface area contributed by atoms with E-state index in [9.17, 15) is 13.2 Å². The monoisotopic (exact) mass is 361 g/mol. The molecule has 0 unspecified atom stereocenters. The number of benzene rings is 2. The second kappa shape index (κ2) is 8.53.